The molecule has 1 aromatic carbocycles. The minimum atomic E-state index is 0.211. The van der Waals surface area contributed by atoms with Gasteiger partial charge in [0.2, 0.25) is 5.88 Å². The summed E-state index contributed by atoms with van der Waals surface area (Å²) in [6, 6.07) is 6.99. The summed E-state index contributed by atoms with van der Waals surface area (Å²) >= 11 is 11.9. The van der Waals surface area contributed by atoms with Gasteiger partial charge in [0.05, 0.1) is 21.3 Å². The van der Waals surface area contributed by atoms with E-state index in [-0.39, 0.29) is 5.88 Å². The molecule has 0 aliphatic heterocycles. The van der Waals surface area contributed by atoms with Gasteiger partial charge in [-0.25, -0.2) is 0 Å². The van der Waals surface area contributed by atoms with Gasteiger partial charge in [-0.15, -0.1) is 0 Å². The molecular formula is C12H8Cl2N4O. The largest absolute Gasteiger partial charge is 0.367 e. The monoisotopic (exact) mass is 294 g/mol. The first-order valence-corrected chi connectivity index (χ1v) is 6.12. The van der Waals surface area contributed by atoms with Crippen LogP contribution in [0, 0.1) is 0 Å². The molecule has 3 N–H and O–H groups in total. The van der Waals surface area contributed by atoms with E-state index in [9.17, 15) is 0 Å². The van der Waals surface area contributed by atoms with Crippen molar-refractivity contribution in [2.45, 2.75) is 0 Å². The van der Waals surface area contributed by atoms with Crippen molar-refractivity contribution in [3.8, 4) is 22.5 Å². The smallest absolute Gasteiger partial charge is 0.230 e. The van der Waals surface area contributed by atoms with Gasteiger partial charge in [-0.1, -0.05) is 34.4 Å². The third-order valence-corrected chi connectivity index (χ3v) is 3.42. The van der Waals surface area contributed by atoms with Gasteiger partial charge in [-0.05, 0) is 23.8 Å². The fourth-order valence-corrected chi connectivity index (χ4v) is 2.10. The fourth-order valence-electron chi connectivity index (χ4n) is 1.81. The van der Waals surface area contributed by atoms with E-state index >= 15 is 0 Å². The van der Waals surface area contributed by atoms with Crippen LogP contribution in [-0.4, -0.2) is 15.4 Å². The summed E-state index contributed by atoms with van der Waals surface area (Å²) < 4.78 is 5.05. The molecule has 0 atom stereocenters. The number of aromatic nitrogens is 3. The lowest BCUT2D eigenvalue weighted by atomic mass is 10.0. The molecule has 0 unspecified atom stereocenters. The number of nitrogen functional groups attached to an aromatic ring is 1. The zero-order chi connectivity index (χ0) is 13.4. The number of hydrogen-bond donors (Lipinski definition) is 2. The van der Waals surface area contributed by atoms with Gasteiger partial charge in [-0.2, -0.15) is 5.10 Å². The maximum Gasteiger partial charge on any atom is 0.230 e. The van der Waals surface area contributed by atoms with Crippen LogP contribution in [0.2, 0.25) is 10.0 Å². The van der Waals surface area contributed by atoms with E-state index in [2.05, 4.69) is 15.4 Å². The number of benzene rings is 1. The van der Waals surface area contributed by atoms with E-state index in [1.54, 1.807) is 30.5 Å². The average molecular weight is 295 g/mol. The number of nitrogens with zero attached hydrogens (tertiary/aromatic N) is 2. The van der Waals surface area contributed by atoms with E-state index in [0.717, 1.165) is 5.56 Å². The molecule has 0 bridgehead atoms. The Morgan fingerprint density at radius 2 is 2.00 bits per heavy atom. The highest BCUT2D eigenvalue weighted by molar-refractivity contribution is 6.42. The van der Waals surface area contributed by atoms with Gasteiger partial charge in [-0.3, -0.25) is 5.10 Å². The lowest BCUT2D eigenvalue weighted by Crippen LogP contribution is -1.88. The first-order valence-electron chi connectivity index (χ1n) is 5.37. The van der Waals surface area contributed by atoms with Crippen molar-refractivity contribution >= 4 is 29.1 Å². The maximum absolute atomic E-state index is 6.02. The Labute approximate surface area is 118 Å². The van der Waals surface area contributed by atoms with Crippen molar-refractivity contribution in [3.63, 3.8) is 0 Å². The van der Waals surface area contributed by atoms with Gasteiger partial charge < -0.3 is 10.3 Å². The van der Waals surface area contributed by atoms with E-state index in [4.69, 9.17) is 33.5 Å². The summed E-state index contributed by atoms with van der Waals surface area (Å²) in [6.45, 7) is 0. The molecule has 0 spiro atoms. The van der Waals surface area contributed by atoms with Gasteiger partial charge in [0.25, 0.3) is 0 Å². The zero-order valence-corrected chi connectivity index (χ0v) is 11.0. The van der Waals surface area contributed by atoms with E-state index in [1.807, 2.05) is 0 Å². The second kappa shape index (κ2) is 4.60. The molecule has 2 aromatic heterocycles. The first-order chi connectivity index (χ1) is 9.16. The van der Waals surface area contributed by atoms with Gasteiger partial charge in [0, 0.05) is 6.20 Å². The second-order valence-corrected chi connectivity index (χ2v) is 4.68. The fraction of sp³-hybridized carbons (Fsp3) is 0. The number of nitrogens with two attached hydrogens (primary N) is 1. The van der Waals surface area contributed by atoms with Crippen LogP contribution in [0.1, 0.15) is 0 Å². The molecule has 3 rings (SSSR count). The Hall–Kier alpha value is -1.98. The molecule has 96 valence electrons. The van der Waals surface area contributed by atoms with Crippen molar-refractivity contribution in [1.82, 2.24) is 15.4 Å². The molecule has 3 aromatic rings. The maximum atomic E-state index is 6.02. The lowest BCUT2D eigenvalue weighted by Gasteiger charge is -2.03. The van der Waals surface area contributed by atoms with Gasteiger partial charge in [0.1, 0.15) is 5.69 Å². The minimum Gasteiger partial charge on any atom is -0.367 e. The van der Waals surface area contributed by atoms with Crippen molar-refractivity contribution in [2.75, 3.05) is 5.73 Å². The third kappa shape index (κ3) is 2.07. The summed E-state index contributed by atoms with van der Waals surface area (Å²) in [7, 11) is 0. The second-order valence-electron chi connectivity index (χ2n) is 3.87. The molecule has 2 heterocycles. The van der Waals surface area contributed by atoms with Crippen molar-refractivity contribution in [2.24, 2.45) is 0 Å². The highest BCUT2D eigenvalue weighted by atomic mass is 35.5. The lowest BCUT2D eigenvalue weighted by molar-refractivity contribution is 0.439. The van der Waals surface area contributed by atoms with Crippen LogP contribution in [0.4, 0.5) is 5.88 Å². The minimum absolute atomic E-state index is 0.211. The number of rotatable bonds is 2. The normalized spacial score (nSPS) is 10.8. The van der Waals surface area contributed by atoms with Crippen LogP contribution in [0.3, 0.4) is 0 Å². The highest BCUT2D eigenvalue weighted by Gasteiger charge is 2.18. The van der Waals surface area contributed by atoms with E-state index in [0.29, 0.717) is 27.0 Å². The number of halogens is 2. The average Bonchev–Trinajstić information content (AvgIpc) is 3.01. The summed E-state index contributed by atoms with van der Waals surface area (Å²) in [5.41, 5.74) is 8.55. The number of aromatic amines is 1. The van der Waals surface area contributed by atoms with Crippen LogP contribution >= 0.6 is 23.2 Å². The molecule has 7 heteroatoms. The highest BCUT2D eigenvalue weighted by Crippen LogP contribution is 2.37. The molecule has 0 aliphatic carbocycles. The SMILES string of the molecule is Nc1onc(-c2ccn[nH]2)c1-c1ccc(Cl)c(Cl)c1. The Balaban J connectivity index is 2.19. The van der Waals surface area contributed by atoms with Crippen LogP contribution in [0.15, 0.2) is 35.0 Å². The molecule has 0 saturated heterocycles. The van der Waals surface area contributed by atoms with Crippen LogP contribution in [0.25, 0.3) is 22.5 Å². The molecule has 0 aliphatic rings. The van der Waals surface area contributed by atoms with Crippen LogP contribution < -0.4 is 5.73 Å². The van der Waals surface area contributed by atoms with Gasteiger partial charge in [0.15, 0.2) is 0 Å². The van der Waals surface area contributed by atoms with Crippen molar-refractivity contribution in [1.29, 1.82) is 0 Å². The Kier molecular flexibility index (Phi) is 2.93. The summed E-state index contributed by atoms with van der Waals surface area (Å²) in [5, 5.41) is 11.6. The quantitative estimate of drug-likeness (QED) is 0.756. The topological polar surface area (TPSA) is 80.7 Å². The Morgan fingerprint density at radius 1 is 1.16 bits per heavy atom. The van der Waals surface area contributed by atoms with Crippen molar-refractivity contribution < 1.29 is 4.52 Å². The third-order valence-electron chi connectivity index (χ3n) is 2.68. The van der Waals surface area contributed by atoms with E-state index < -0.39 is 0 Å². The summed E-state index contributed by atoms with van der Waals surface area (Å²) in [4.78, 5) is 0. The standard InChI is InChI=1S/C12H8Cl2N4O/c13-7-2-1-6(5-8(7)14)10-11(18-19-12(10)15)9-3-4-16-17-9/h1-5H,15H2,(H,16,17). The molecule has 0 fully saturated rings. The predicted octanol–water partition coefficient (Wildman–Crippen LogP) is 3.62. The molecule has 0 saturated carbocycles. The van der Waals surface area contributed by atoms with Crippen LogP contribution in [0.5, 0.6) is 0 Å². The zero-order valence-electron chi connectivity index (χ0n) is 9.52. The number of nitrogens with one attached hydrogen (secondary N) is 1. The molecule has 0 amide bonds. The van der Waals surface area contributed by atoms with Crippen LogP contribution in [-0.2, 0) is 0 Å². The predicted molar refractivity (Wildman–Crippen MR) is 74.0 cm³/mol. The first kappa shape index (κ1) is 12.1. The number of H-pyrrole nitrogens is 1. The molecule has 0 radical (unpaired) electrons. The number of hydrogen-bond acceptors (Lipinski definition) is 4. The molecule has 5 nitrogen and oxygen atoms in total. The molecular weight excluding hydrogens is 287 g/mol. The number of anilines is 1. The summed E-state index contributed by atoms with van der Waals surface area (Å²) in [6.07, 6.45) is 1.62. The molecule has 19 heavy (non-hydrogen) atoms. The van der Waals surface area contributed by atoms with E-state index in [1.165, 1.54) is 0 Å². The van der Waals surface area contributed by atoms with Crippen molar-refractivity contribution in [3.05, 3.63) is 40.5 Å². The Bertz CT molecular complexity index is 721. The Morgan fingerprint density at radius 3 is 2.68 bits per heavy atom. The van der Waals surface area contributed by atoms with Gasteiger partial charge >= 0.3 is 0 Å². The summed E-state index contributed by atoms with van der Waals surface area (Å²) in [5.74, 6) is 0.211.